The van der Waals surface area contributed by atoms with Gasteiger partial charge in [-0.05, 0) is 17.7 Å². The number of aryl methyl sites for hydroxylation is 1. The van der Waals surface area contributed by atoms with E-state index in [0.29, 0.717) is 6.54 Å². The smallest absolute Gasteiger partial charge is 0.335 e. The van der Waals surface area contributed by atoms with Gasteiger partial charge in [0.15, 0.2) is 0 Å². The summed E-state index contributed by atoms with van der Waals surface area (Å²) in [5.74, 6) is 0.100. The molecule has 0 unspecified atom stereocenters. The molecule has 18 heavy (non-hydrogen) atoms. The molecule has 1 aromatic heterocycles. The van der Waals surface area contributed by atoms with E-state index in [9.17, 15) is 4.79 Å². The molecule has 0 saturated heterocycles. The summed E-state index contributed by atoms with van der Waals surface area (Å²) < 4.78 is 2.86. The summed E-state index contributed by atoms with van der Waals surface area (Å²) in [7, 11) is 0. The first-order valence-corrected chi connectivity index (χ1v) is 6.43. The lowest BCUT2D eigenvalue weighted by atomic mass is 10.1. The number of hydrogen-bond acceptors (Lipinski definition) is 2. The molecule has 4 nitrogen and oxygen atoms in total. The van der Waals surface area contributed by atoms with E-state index in [0.717, 1.165) is 22.3 Å². The molecular formula is C13H13BrN2O2. The highest BCUT2D eigenvalue weighted by atomic mass is 79.9. The third kappa shape index (κ3) is 2.61. The number of rotatable bonds is 4. The van der Waals surface area contributed by atoms with Gasteiger partial charge in [-0.25, -0.2) is 9.78 Å². The summed E-state index contributed by atoms with van der Waals surface area (Å²) in [6, 6.07) is 5.07. The number of hydrogen-bond donors (Lipinski definition) is 1. The Morgan fingerprint density at radius 1 is 1.50 bits per heavy atom. The van der Waals surface area contributed by atoms with E-state index in [1.54, 1.807) is 18.3 Å². The van der Waals surface area contributed by atoms with Crippen LogP contribution in [-0.2, 0) is 13.0 Å². The zero-order chi connectivity index (χ0) is 13.1. The topological polar surface area (TPSA) is 55.1 Å². The Labute approximate surface area is 113 Å². The average Bonchev–Trinajstić information content (AvgIpc) is 2.78. The van der Waals surface area contributed by atoms with Crippen LogP contribution in [0.1, 0.15) is 28.7 Å². The van der Waals surface area contributed by atoms with Crippen molar-refractivity contribution in [3.05, 3.63) is 52.0 Å². The summed E-state index contributed by atoms with van der Waals surface area (Å²) in [5, 5.41) is 8.90. The lowest BCUT2D eigenvalue weighted by Crippen LogP contribution is -2.05. The van der Waals surface area contributed by atoms with E-state index in [2.05, 4.69) is 32.4 Å². The number of carboxylic acids is 1. The second-order valence-electron chi connectivity index (χ2n) is 3.94. The van der Waals surface area contributed by atoms with Crippen molar-refractivity contribution in [2.45, 2.75) is 19.9 Å². The molecule has 5 heteroatoms. The normalized spacial score (nSPS) is 10.6. The molecule has 2 aromatic rings. The van der Waals surface area contributed by atoms with Crippen LogP contribution in [0.2, 0.25) is 0 Å². The van der Waals surface area contributed by atoms with E-state index in [4.69, 9.17) is 5.11 Å². The maximum atomic E-state index is 10.8. The largest absolute Gasteiger partial charge is 0.478 e. The number of benzene rings is 1. The van der Waals surface area contributed by atoms with Gasteiger partial charge in [-0.3, -0.25) is 0 Å². The van der Waals surface area contributed by atoms with Gasteiger partial charge >= 0.3 is 5.97 Å². The molecule has 0 fully saturated rings. The van der Waals surface area contributed by atoms with Gasteiger partial charge in [-0.2, -0.15) is 0 Å². The SMILES string of the molecule is CCc1nccn1Cc1ccc(C(=O)O)cc1Br. The maximum Gasteiger partial charge on any atom is 0.335 e. The molecule has 1 N–H and O–H groups in total. The maximum absolute atomic E-state index is 10.8. The van der Waals surface area contributed by atoms with Crippen LogP contribution in [0.25, 0.3) is 0 Å². The quantitative estimate of drug-likeness (QED) is 0.944. The van der Waals surface area contributed by atoms with Gasteiger partial charge in [0.25, 0.3) is 0 Å². The molecular weight excluding hydrogens is 296 g/mol. The number of carboxylic acid groups (broad SMARTS) is 1. The van der Waals surface area contributed by atoms with Crippen LogP contribution in [0, 0.1) is 0 Å². The minimum absolute atomic E-state index is 0.284. The fourth-order valence-corrected chi connectivity index (χ4v) is 2.29. The molecule has 0 saturated carbocycles. The molecule has 0 amide bonds. The molecule has 0 aliphatic carbocycles. The first-order valence-electron chi connectivity index (χ1n) is 5.63. The first-order chi connectivity index (χ1) is 8.61. The Bertz CT molecular complexity index is 578. The summed E-state index contributed by atoms with van der Waals surface area (Å²) in [4.78, 5) is 15.1. The Morgan fingerprint density at radius 2 is 2.28 bits per heavy atom. The van der Waals surface area contributed by atoms with Gasteiger partial charge in [0, 0.05) is 29.8 Å². The van der Waals surface area contributed by atoms with Crippen LogP contribution in [0.15, 0.2) is 35.1 Å². The number of halogens is 1. The molecule has 0 aliphatic heterocycles. The van der Waals surface area contributed by atoms with Gasteiger partial charge in [-0.15, -0.1) is 0 Å². The minimum Gasteiger partial charge on any atom is -0.478 e. The molecule has 1 heterocycles. The van der Waals surface area contributed by atoms with Crippen molar-refractivity contribution >= 4 is 21.9 Å². The fourth-order valence-electron chi connectivity index (χ4n) is 1.79. The van der Waals surface area contributed by atoms with Gasteiger partial charge in [-0.1, -0.05) is 28.9 Å². The van der Waals surface area contributed by atoms with Gasteiger partial charge in [0.2, 0.25) is 0 Å². The Balaban J connectivity index is 2.27. The van der Waals surface area contributed by atoms with E-state index in [-0.39, 0.29) is 5.56 Å². The van der Waals surface area contributed by atoms with Crippen LogP contribution in [0.5, 0.6) is 0 Å². The average molecular weight is 309 g/mol. The minimum atomic E-state index is -0.917. The molecule has 2 rings (SSSR count). The third-order valence-corrected chi connectivity index (χ3v) is 3.50. The van der Waals surface area contributed by atoms with Crippen LogP contribution < -0.4 is 0 Å². The zero-order valence-corrected chi connectivity index (χ0v) is 11.5. The van der Waals surface area contributed by atoms with E-state index in [1.165, 1.54) is 0 Å². The van der Waals surface area contributed by atoms with Crippen molar-refractivity contribution in [2.75, 3.05) is 0 Å². The van der Waals surface area contributed by atoms with E-state index < -0.39 is 5.97 Å². The number of imidazole rings is 1. The van der Waals surface area contributed by atoms with Crippen LogP contribution >= 0.6 is 15.9 Å². The predicted molar refractivity (Wildman–Crippen MR) is 71.8 cm³/mol. The second kappa shape index (κ2) is 5.35. The molecule has 0 spiro atoms. The highest BCUT2D eigenvalue weighted by molar-refractivity contribution is 9.10. The van der Waals surface area contributed by atoms with Crippen LogP contribution in [0.4, 0.5) is 0 Å². The Morgan fingerprint density at radius 3 is 2.89 bits per heavy atom. The van der Waals surface area contributed by atoms with E-state index >= 15 is 0 Å². The Kier molecular flexibility index (Phi) is 3.81. The standard InChI is InChI=1S/C13H13BrN2O2/c1-2-12-15-5-6-16(12)8-10-4-3-9(13(17)18)7-11(10)14/h3-7H,2,8H2,1H3,(H,17,18). The third-order valence-electron chi connectivity index (χ3n) is 2.76. The monoisotopic (exact) mass is 308 g/mol. The number of aromatic nitrogens is 2. The summed E-state index contributed by atoms with van der Waals surface area (Å²) in [6.07, 6.45) is 4.58. The molecule has 0 radical (unpaired) electrons. The molecule has 0 aliphatic rings. The first kappa shape index (κ1) is 12.8. The van der Waals surface area contributed by atoms with Gasteiger partial charge in [0.05, 0.1) is 5.56 Å². The number of aromatic carboxylic acids is 1. The summed E-state index contributed by atoms with van der Waals surface area (Å²) in [6.45, 7) is 2.74. The van der Waals surface area contributed by atoms with Crippen molar-refractivity contribution in [2.24, 2.45) is 0 Å². The highest BCUT2D eigenvalue weighted by Gasteiger charge is 2.08. The molecule has 0 atom stereocenters. The van der Waals surface area contributed by atoms with Crippen molar-refractivity contribution in [3.63, 3.8) is 0 Å². The number of nitrogens with zero attached hydrogens (tertiary/aromatic N) is 2. The van der Waals surface area contributed by atoms with Crippen molar-refractivity contribution in [1.82, 2.24) is 9.55 Å². The Hall–Kier alpha value is -1.62. The second-order valence-corrected chi connectivity index (χ2v) is 4.79. The summed E-state index contributed by atoms with van der Waals surface area (Å²) >= 11 is 3.41. The summed E-state index contributed by atoms with van der Waals surface area (Å²) in [5.41, 5.74) is 1.32. The number of carbonyl (C=O) groups is 1. The van der Waals surface area contributed by atoms with E-state index in [1.807, 2.05) is 12.3 Å². The van der Waals surface area contributed by atoms with Gasteiger partial charge < -0.3 is 9.67 Å². The predicted octanol–water partition coefficient (Wildman–Crippen LogP) is 2.95. The van der Waals surface area contributed by atoms with Gasteiger partial charge in [0.1, 0.15) is 5.82 Å². The lowest BCUT2D eigenvalue weighted by Gasteiger charge is -2.09. The van der Waals surface area contributed by atoms with Crippen molar-refractivity contribution < 1.29 is 9.90 Å². The molecule has 1 aromatic carbocycles. The zero-order valence-electron chi connectivity index (χ0n) is 9.93. The van der Waals surface area contributed by atoms with Crippen LogP contribution in [0.3, 0.4) is 0 Å². The fraction of sp³-hybridized carbons (Fsp3) is 0.231. The molecule has 0 bridgehead atoms. The van der Waals surface area contributed by atoms with Crippen molar-refractivity contribution in [3.8, 4) is 0 Å². The molecule has 94 valence electrons. The van der Waals surface area contributed by atoms with Crippen LogP contribution in [-0.4, -0.2) is 20.6 Å². The highest BCUT2D eigenvalue weighted by Crippen LogP contribution is 2.20. The lowest BCUT2D eigenvalue weighted by molar-refractivity contribution is 0.0697. The van der Waals surface area contributed by atoms with Crippen molar-refractivity contribution in [1.29, 1.82) is 0 Å².